The fourth-order valence-corrected chi connectivity index (χ4v) is 2.64. The Hall–Kier alpha value is -2.65. The van der Waals surface area contributed by atoms with E-state index in [-0.39, 0.29) is 5.69 Å². The molecule has 134 valence electrons. The zero-order valence-electron chi connectivity index (χ0n) is 13.5. The molecular weight excluding hydrogens is 339 g/mol. The Balaban J connectivity index is 1.98. The third kappa shape index (κ3) is 3.15. The van der Waals surface area contributed by atoms with Gasteiger partial charge in [0.2, 0.25) is 5.95 Å². The summed E-state index contributed by atoms with van der Waals surface area (Å²) >= 11 is 0. The van der Waals surface area contributed by atoms with Gasteiger partial charge in [0.15, 0.2) is 0 Å². The molecule has 1 N–H and O–H groups in total. The zero-order valence-corrected chi connectivity index (χ0v) is 13.5. The summed E-state index contributed by atoms with van der Waals surface area (Å²) in [5, 5.41) is 10.3. The lowest BCUT2D eigenvalue weighted by Crippen LogP contribution is -2.30. The Morgan fingerprint density at radius 2 is 2.12 bits per heavy atom. The highest BCUT2D eigenvalue weighted by molar-refractivity contribution is 5.68. The number of rotatable bonds is 5. The van der Waals surface area contributed by atoms with Crippen molar-refractivity contribution >= 4 is 6.09 Å². The molecule has 25 heavy (non-hydrogen) atoms. The lowest BCUT2D eigenvalue weighted by molar-refractivity contribution is 0.0593. The lowest BCUT2D eigenvalue weighted by Gasteiger charge is -2.18. The van der Waals surface area contributed by atoms with Crippen LogP contribution in [0, 0.1) is 12.9 Å². The molecule has 1 saturated carbocycles. The lowest BCUT2D eigenvalue weighted by atomic mass is 10.0. The minimum atomic E-state index is -2.57. The molecule has 1 atom stereocenters. The number of alkyl carbamates (subject to hydrolysis) is 1. The number of aryl methyl sites for hydroxylation is 1. The summed E-state index contributed by atoms with van der Waals surface area (Å²) in [6, 6.07) is 1.72. The Bertz CT molecular complexity index is 791. The molecule has 0 aromatic carbocycles. The quantitative estimate of drug-likeness (QED) is 0.833. The number of pyridine rings is 1. The van der Waals surface area contributed by atoms with E-state index >= 15 is 0 Å². The summed E-state index contributed by atoms with van der Waals surface area (Å²) in [6.45, 7) is 1.57. The number of hydrogen-bond acceptors (Lipinski definition) is 5. The van der Waals surface area contributed by atoms with Gasteiger partial charge in [0.25, 0.3) is 6.43 Å². The molecule has 2 aromatic rings. The number of carbonyl (C=O) groups is 1. The molecule has 7 nitrogen and oxygen atoms in total. The summed E-state index contributed by atoms with van der Waals surface area (Å²) in [4.78, 5) is 15.4. The molecule has 0 saturated heterocycles. The minimum Gasteiger partial charge on any atom is -0.453 e. The molecule has 0 radical (unpaired) electrons. The number of nitrogens with one attached hydrogen (secondary N) is 1. The molecule has 1 aliphatic rings. The van der Waals surface area contributed by atoms with Crippen LogP contribution in [0.2, 0.25) is 0 Å². The van der Waals surface area contributed by atoms with Gasteiger partial charge < -0.3 is 10.1 Å². The van der Waals surface area contributed by atoms with Gasteiger partial charge in [0.1, 0.15) is 17.3 Å². The second-order valence-corrected chi connectivity index (χ2v) is 5.87. The number of methoxy groups -OCH3 is 1. The minimum absolute atomic E-state index is 0.230. The van der Waals surface area contributed by atoms with Crippen LogP contribution in [0.4, 0.5) is 18.0 Å². The number of ether oxygens (including phenoxy) is 1. The number of carbonyl (C=O) groups excluding carboxylic acids is 1. The van der Waals surface area contributed by atoms with Crippen molar-refractivity contribution < 1.29 is 22.7 Å². The number of amides is 1. The molecule has 0 bridgehead atoms. The Morgan fingerprint density at radius 1 is 1.40 bits per heavy atom. The highest BCUT2D eigenvalue weighted by atomic mass is 19.3. The monoisotopic (exact) mass is 355 g/mol. The second-order valence-electron chi connectivity index (χ2n) is 5.87. The van der Waals surface area contributed by atoms with Crippen molar-refractivity contribution in [1.29, 1.82) is 0 Å². The van der Waals surface area contributed by atoms with E-state index in [1.54, 1.807) is 6.92 Å². The topological polar surface area (TPSA) is 81.9 Å². The molecule has 2 aromatic heterocycles. The molecule has 0 spiro atoms. The Morgan fingerprint density at radius 3 is 2.68 bits per heavy atom. The third-order valence-corrected chi connectivity index (χ3v) is 4.28. The first-order valence-corrected chi connectivity index (χ1v) is 7.56. The SMILES string of the molecule is COC(=O)NC(c1cn(C2(C(F)F)CC2)nn1)c1ccc(F)nc1C. The number of alkyl halides is 2. The summed E-state index contributed by atoms with van der Waals surface area (Å²) in [5.74, 6) is -0.670. The smallest absolute Gasteiger partial charge is 0.407 e. The van der Waals surface area contributed by atoms with Crippen LogP contribution < -0.4 is 5.32 Å². The first kappa shape index (κ1) is 17.2. The van der Waals surface area contributed by atoms with Gasteiger partial charge >= 0.3 is 6.09 Å². The van der Waals surface area contributed by atoms with Crippen LogP contribution >= 0.6 is 0 Å². The average molecular weight is 355 g/mol. The van der Waals surface area contributed by atoms with E-state index in [4.69, 9.17) is 0 Å². The summed E-state index contributed by atoms with van der Waals surface area (Å²) in [7, 11) is 1.19. The Kier molecular flexibility index (Phi) is 4.36. The maximum absolute atomic E-state index is 13.3. The fourth-order valence-electron chi connectivity index (χ4n) is 2.64. The van der Waals surface area contributed by atoms with E-state index in [1.807, 2.05) is 0 Å². The average Bonchev–Trinajstić information content (AvgIpc) is 3.24. The van der Waals surface area contributed by atoms with E-state index in [1.165, 1.54) is 19.4 Å². The molecular formula is C15H16F3N5O2. The first-order chi connectivity index (χ1) is 11.9. The number of aromatic nitrogens is 4. The summed E-state index contributed by atoms with van der Waals surface area (Å²) in [6.07, 6.45) is -1.34. The predicted octanol–water partition coefficient (Wildman–Crippen LogP) is 2.32. The van der Waals surface area contributed by atoms with Crippen molar-refractivity contribution in [3.63, 3.8) is 0 Å². The predicted molar refractivity (Wildman–Crippen MR) is 79.5 cm³/mol. The molecule has 0 aliphatic heterocycles. The number of hydrogen-bond donors (Lipinski definition) is 1. The highest BCUT2D eigenvalue weighted by Gasteiger charge is 2.54. The van der Waals surface area contributed by atoms with E-state index in [0.717, 1.165) is 10.7 Å². The second kappa shape index (κ2) is 6.34. The molecule has 3 rings (SSSR count). The molecule has 1 amide bonds. The van der Waals surface area contributed by atoms with Gasteiger partial charge in [-0.3, -0.25) is 0 Å². The van der Waals surface area contributed by atoms with Crippen LogP contribution in [0.25, 0.3) is 0 Å². The van der Waals surface area contributed by atoms with E-state index in [0.29, 0.717) is 24.1 Å². The zero-order chi connectivity index (χ0) is 18.2. The van der Waals surface area contributed by atoms with E-state index < -0.39 is 30.0 Å². The van der Waals surface area contributed by atoms with Gasteiger partial charge in [-0.25, -0.2) is 23.2 Å². The van der Waals surface area contributed by atoms with Gasteiger partial charge in [-0.1, -0.05) is 11.3 Å². The van der Waals surface area contributed by atoms with Gasteiger partial charge in [0, 0.05) is 11.3 Å². The maximum atomic E-state index is 13.3. The van der Waals surface area contributed by atoms with Crippen molar-refractivity contribution in [2.75, 3.05) is 7.11 Å². The summed E-state index contributed by atoms with van der Waals surface area (Å²) < 4.78 is 45.5. The van der Waals surface area contributed by atoms with Crippen LogP contribution in [0.1, 0.15) is 35.8 Å². The van der Waals surface area contributed by atoms with E-state index in [9.17, 15) is 18.0 Å². The highest BCUT2D eigenvalue weighted by Crippen LogP contribution is 2.48. The van der Waals surface area contributed by atoms with Crippen LogP contribution in [0.3, 0.4) is 0 Å². The van der Waals surface area contributed by atoms with Crippen LogP contribution in [-0.2, 0) is 10.3 Å². The molecule has 10 heteroatoms. The van der Waals surface area contributed by atoms with Gasteiger partial charge in [-0.05, 0) is 25.8 Å². The van der Waals surface area contributed by atoms with Gasteiger partial charge in [-0.15, -0.1) is 5.10 Å². The maximum Gasteiger partial charge on any atom is 0.407 e. The largest absolute Gasteiger partial charge is 0.453 e. The van der Waals surface area contributed by atoms with Crippen molar-refractivity contribution in [1.82, 2.24) is 25.3 Å². The van der Waals surface area contributed by atoms with Crippen LogP contribution in [0.5, 0.6) is 0 Å². The van der Waals surface area contributed by atoms with Crippen LogP contribution in [-0.4, -0.2) is 39.6 Å². The fraction of sp³-hybridized carbons (Fsp3) is 0.467. The van der Waals surface area contributed by atoms with Crippen molar-refractivity contribution in [2.24, 2.45) is 0 Å². The normalized spacial score (nSPS) is 16.6. The molecule has 2 heterocycles. The van der Waals surface area contributed by atoms with Crippen molar-refractivity contribution in [3.05, 3.63) is 41.2 Å². The standard InChI is InChI=1S/C15H16F3N5O2/c1-8-9(3-4-11(16)19-8)12(20-14(24)25-2)10-7-23(22-21-10)15(5-6-15)13(17)18/h3-4,7,12-13H,5-6H2,1-2H3,(H,20,24). The number of nitrogens with zero attached hydrogens (tertiary/aromatic N) is 4. The summed E-state index contributed by atoms with van der Waals surface area (Å²) in [5.41, 5.74) is -0.322. The van der Waals surface area contributed by atoms with Crippen molar-refractivity contribution in [2.45, 2.75) is 37.8 Å². The molecule has 1 unspecified atom stereocenters. The Labute approximate surface area is 141 Å². The van der Waals surface area contributed by atoms with Gasteiger partial charge in [0.05, 0.1) is 13.3 Å². The van der Waals surface area contributed by atoms with Crippen LogP contribution in [0.15, 0.2) is 18.3 Å². The molecule has 1 aliphatic carbocycles. The first-order valence-electron chi connectivity index (χ1n) is 7.56. The molecule has 1 fully saturated rings. The van der Waals surface area contributed by atoms with Gasteiger partial charge in [-0.2, -0.15) is 4.39 Å². The van der Waals surface area contributed by atoms with Crippen molar-refractivity contribution in [3.8, 4) is 0 Å². The third-order valence-electron chi connectivity index (χ3n) is 4.28. The number of halogens is 3. The van der Waals surface area contributed by atoms with E-state index in [2.05, 4.69) is 25.3 Å².